The van der Waals surface area contributed by atoms with Gasteiger partial charge >= 0.3 is 5.97 Å². The van der Waals surface area contributed by atoms with Crippen molar-refractivity contribution < 1.29 is 24.0 Å². The Balaban J connectivity index is 1.91. The summed E-state index contributed by atoms with van der Waals surface area (Å²) in [6.07, 6.45) is 4.56. The molecule has 0 spiro atoms. The number of carbonyl (C=O) groups excluding carboxylic acids is 3. The van der Waals surface area contributed by atoms with Gasteiger partial charge in [0.1, 0.15) is 6.42 Å². The van der Waals surface area contributed by atoms with Crippen LogP contribution in [0, 0.1) is 5.92 Å². The van der Waals surface area contributed by atoms with Crippen LogP contribution in [0.5, 0.6) is 0 Å². The van der Waals surface area contributed by atoms with E-state index in [9.17, 15) is 14.4 Å². The maximum absolute atomic E-state index is 12.4. The molecule has 0 aromatic heterocycles. The molecule has 7 nitrogen and oxygen atoms in total. The lowest BCUT2D eigenvalue weighted by Crippen LogP contribution is -3.20. The summed E-state index contributed by atoms with van der Waals surface area (Å²) in [7, 11) is 1.31. The minimum absolute atomic E-state index is 0.00474. The minimum Gasteiger partial charge on any atom is -0.469 e. The number of ether oxygens (including phenoxy) is 1. The summed E-state index contributed by atoms with van der Waals surface area (Å²) in [5.74, 6) is -0.150. The molecule has 1 aliphatic heterocycles. The molecule has 130 valence electrons. The Labute approximate surface area is 137 Å². The average molecular weight is 326 g/mol. The molecule has 1 saturated heterocycles. The van der Waals surface area contributed by atoms with Gasteiger partial charge in [-0.2, -0.15) is 0 Å². The molecule has 1 heterocycles. The van der Waals surface area contributed by atoms with Gasteiger partial charge in [0.15, 0.2) is 12.6 Å². The second-order valence-electron chi connectivity index (χ2n) is 6.64. The summed E-state index contributed by atoms with van der Waals surface area (Å²) in [5.41, 5.74) is 0. The van der Waals surface area contributed by atoms with Crippen molar-refractivity contribution in [2.75, 3.05) is 26.7 Å². The third kappa shape index (κ3) is 4.92. The number of hydrogen-bond donors (Lipinski definition) is 3. The van der Waals surface area contributed by atoms with Gasteiger partial charge in [0.05, 0.1) is 20.2 Å². The van der Waals surface area contributed by atoms with Gasteiger partial charge in [0.2, 0.25) is 0 Å². The molecule has 0 bridgehead atoms. The number of hydrogen-bond acceptors (Lipinski definition) is 4. The number of esters is 1. The van der Waals surface area contributed by atoms with Crippen LogP contribution < -0.4 is 15.5 Å². The highest BCUT2D eigenvalue weighted by Gasteiger charge is 2.37. The van der Waals surface area contributed by atoms with E-state index < -0.39 is 12.0 Å². The van der Waals surface area contributed by atoms with E-state index >= 15 is 0 Å². The molecule has 7 heteroatoms. The van der Waals surface area contributed by atoms with Crippen LogP contribution >= 0.6 is 0 Å². The number of piperazine rings is 1. The zero-order valence-electron chi connectivity index (χ0n) is 14.0. The lowest BCUT2D eigenvalue weighted by atomic mass is 9.86. The average Bonchev–Trinajstić information content (AvgIpc) is 2.52. The van der Waals surface area contributed by atoms with Crippen molar-refractivity contribution in [3.8, 4) is 0 Å². The standard InChI is InChI=1S/C16H27N3O4/c1-11-5-3-4-6-12(11)18-14(20)10-19-8-7-17-16(22)13(19)9-15(21)23-2/h11-13H,3-10H2,1-2H3,(H,17,22)(H,18,20)/p+1/t11-,12+,13-/m0/s1. The van der Waals surface area contributed by atoms with E-state index in [-0.39, 0.29) is 30.8 Å². The van der Waals surface area contributed by atoms with Crippen LogP contribution in [-0.2, 0) is 19.1 Å². The number of quaternary nitrogens is 1. The Kier molecular flexibility index (Phi) is 6.38. The fraction of sp³-hybridized carbons (Fsp3) is 0.812. The van der Waals surface area contributed by atoms with Crippen molar-refractivity contribution in [1.29, 1.82) is 0 Å². The quantitative estimate of drug-likeness (QED) is 0.544. The fourth-order valence-corrected chi connectivity index (χ4v) is 3.52. The van der Waals surface area contributed by atoms with E-state index in [0.29, 0.717) is 19.0 Å². The number of methoxy groups -OCH3 is 1. The second-order valence-corrected chi connectivity index (χ2v) is 6.64. The van der Waals surface area contributed by atoms with Gasteiger partial charge in [-0.25, -0.2) is 0 Å². The normalized spacial score (nSPS) is 31.1. The first kappa shape index (κ1) is 17.7. The van der Waals surface area contributed by atoms with Gasteiger partial charge in [-0.1, -0.05) is 19.8 Å². The van der Waals surface area contributed by atoms with Crippen LogP contribution in [0.4, 0.5) is 0 Å². The van der Waals surface area contributed by atoms with E-state index in [1.807, 2.05) is 0 Å². The first-order valence-corrected chi connectivity index (χ1v) is 8.49. The first-order chi connectivity index (χ1) is 11.0. The van der Waals surface area contributed by atoms with Gasteiger partial charge in [-0.15, -0.1) is 0 Å². The van der Waals surface area contributed by atoms with Gasteiger partial charge in [0, 0.05) is 6.04 Å². The molecule has 1 saturated carbocycles. The Morgan fingerprint density at radius 3 is 2.78 bits per heavy atom. The number of amides is 2. The molecule has 0 radical (unpaired) electrons. The highest BCUT2D eigenvalue weighted by atomic mass is 16.5. The predicted molar refractivity (Wildman–Crippen MR) is 83.7 cm³/mol. The zero-order chi connectivity index (χ0) is 16.8. The van der Waals surface area contributed by atoms with Gasteiger partial charge in [-0.05, 0) is 18.8 Å². The van der Waals surface area contributed by atoms with Crippen LogP contribution in [0.3, 0.4) is 0 Å². The molecule has 2 amide bonds. The molecule has 2 rings (SSSR count). The zero-order valence-corrected chi connectivity index (χ0v) is 14.0. The molecular weight excluding hydrogens is 298 g/mol. The molecule has 2 aliphatic rings. The van der Waals surface area contributed by atoms with Crippen LogP contribution in [0.25, 0.3) is 0 Å². The highest BCUT2D eigenvalue weighted by molar-refractivity contribution is 5.86. The molecule has 1 aliphatic carbocycles. The lowest BCUT2D eigenvalue weighted by Gasteiger charge is -2.33. The summed E-state index contributed by atoms with van der Waals surface area (Å²) in [6, 6.07) is -0.320. The van der Waals surface area contributed by atoms with Crippen LogP contribution in [0.2, 0.25) is 0 Å². The van der Waals surface area contributed by atoms with Crippen molar-refractivity contribution >= 4 is 17.8 Å². The summed E-state index contributed by atoms with van der Waals surface area (Å²) in [4.78, 5) is 36.7. The molecule has 4 atom stereocenters. The largest absolute Gasteiger partial charge is 0.469 e. The SMILES string of the molecule is COC(=O)C[C@H]1C(=O)NCC[NH+]1CC(=O)N[C@@H]1CCCC[C@@H]1C. The number of carbonyl (C=O) groups is 3. The molecule has 23 heavy (non-hydrogen) atoms. The van der Waals surface area contributed by atoms with E-state index in [4.69, 9.17) is 0 Å². The number of nitrogens with one attached hydrogen (secondary N) is 3. The maximum atomic E-state index is 12.4. The summed E-state index contributed by atoms with van der Waals surface area (Å²) in [5, 5.41) is 5.86. The van der Waals surface area contributed by atoms with Gasteiger partial charge < -0.3 is 20.3 Å². The predicted octanol–water partition coefficient (Wildman–Crippen LogP) is -1.37. The van der Waals surface area contributed by atoms with Crippen molar-refractivity contribution in [3.63, 3.8) is 0 Å². The third-order valence-corrected chi connectivity index (χ3v) is 5.00. The first-order valence-electron chi connectivity index (χ1n) is 8.49. The molecule has 2 fully saturated rings. The second kappa shape index (κ2) is 8.29. The van der Waals surface area contributed by atoms with Crippen molar-refractivity contribution in [3.05, 3.63) is 0 Å². The topological polar surface area (TPSA) is 88.9 Å². The van der Waals surface area contributed by atoms with E-state index in [1.165, 1.54) is 13.5 Å². The molecule has 1 unspecified atom stereocenters. The smallest absolute Gasteiger partial charge is 0.312 e. The molecule has 3 N–H and O–H groups in total. The van der Waals surface area contributed by atoms with Crippen LogP contribution in [-0.4, -0.2) is 56.6 Å². The van der Waals surface area contributed by atoms with Crippen molar-refractivity contribution in [1.82, 2.24) is 10.6 Å². The summed E-state index contributed by atoms with van der Waals surface area (Å²) in [6.45, 7) is 3.56. The van der Waals surface area contributed by atoms with Crippen molar-refractivity contribution in [2.45, 2.75) is 51.1 Å². The Hall–Kier alpha value is -1.63. The number of rotatable bonds is 5. The maximum Gasteiger partial charge on any atom is 0.312 e. The summed E-state index contributed by atoms with van der Waals surface area (Å²) < 4.78 is 4.66. The van der Waals surface area contributed by atoms with Crippen LogP contribution in [0.1, 0.15) is 39.0 Å². The van der Waals surface area contributed by atoms with E-state index in [2.05, 4.69) is 22.3 Å². The van der Waals surface area contributed by atoms with E-state index in [0.717, 1.165) is 24.2 Å². The van der Waals surface area contributed by atoms with Crippen molar-refractivity contribution in [2.24, 2.45) is 5.92 Å². The van der Waals surface area contributed by atoms with E-state index in [1.54, 1.807) is 0 Å². The Morgan fingerprint density at radius 1 is 1.35 bits per heavy atom. The lowest BCUT2D eigenvalue weighted by molar-refractivity contribution is -0.909. The van der Waals surface area contributed by atoms with Crippen LogP contribution in [0.15, 0.2) is 0 Å². The highest BCUT2D eigenvalue weighted by Crippen LogP contribution is 2.23. The Bertz CT molecular complexity index is 455. The monoisotopic (exact) mass is 326 g/mol. The Morgan fingerprint density at radius 2 is 2.09 bits per heavy atom. The summed E-state index contributed by atoms with van der Waals surface area (Å²) >= 11 is 0. The third-order valence-electron chi connectivity index (χ3n) is 5.00. The fourth-order valence-electron chi connectivity index (χ4n) is 3.52. The minimum atomic E-state index is -0.550. The van der Waals surface area contributed by atoms with Gasteiger partial charge in [0.25, 0.3) is 11.8 Å². The molecule has 0 aromatic rings. The molecular formula is C16H28N3O4+. The molecule has 0 aromatic carbocycles. The van der Waals surface area contributed by atoms with Gasteiger partial charge in [-0.3, -0.25) is 14.4 Å².